The highest BCUT2D eigenvalue weighted by atomic mass is 32.1. The summed E-state index contributed by atoms with van der Waals surface area (Å²) in [4.78, 5) is 19.6. The zero-order chi connectivity index (χ0) is 17.5. The lowest BCUT2D eigenvalue weighted by atomic mass is 9.90. The van der Waals surface area contributed by atoms with E-state index in [2.05, 4.69) is 22.3 Å². The first-order valence-corrected chi connectivity index (χ1v) is 9.13. The Morgan fingerprint density at radius 1 is 1.42 bits per heavy atom. The van der Waals surface area contributed by atoms with Crippen molar-refractivity contribution in [2.45, 2.75) is 33.7 Å². The first-order valence-electron chi connectivity index (χ1n) is 8.25. The maximum Gasteiger partial charge on any atom is 0.277 e. The summed E-state index contributed by atoms with van der Waals surface area (Å²) in [5, 5.41) is 7.08. The fourth-order valence-electron chi connectivity index (χ4n) is 3.25. The number of aromatic nitrogens is 3. The summed E-state index contributed by atoms with van der Waals surface area (Å²) in [6.45, 7) is 9.69. The fraction of sp³-hybridized carbons (Fsp3) is 0.588. The minimum atomic E-state index is -0.0871. The van der Waals surface area contributed by atoms with Crippen LogP contribution in [0.3, 0.4) is 0 Å². The number of nitrogens with two attached hydrogens (primary N) is 1. The predicted molar refractivity (Wildman–Crippen MR) is 97.1 cm³/mol. The van der Waals surface area contributed by atoms with Crippen molar-refractivity contribution < 1.29 is 0 Å². The summed E-state index contributed by atoms with van der Waals surface area (Å²) in [6, 6.07) is 0. The Balaban J connectivity index is 1.84. The van der Waals surface area contributed by atoms with Gasteiger partial charge in [0.1, 0.15) is 5.01 Å². The van der Waals surface area contributed by atoms with Crippen LogP contribution in [-0.4, -0.2) is 39.3 Å². The van der Waals surface area contributed by atoms with Crippen LogP contribution in [0.25, 0.3) is 10.6 Å². The van der Waals surface area contributed by atoms with Crippen LogP contribution in [0, 0.1) is 19.3 Å². The van der Waals surface area contributed by atoms with E-state index in [0.29, 0.717) is 5.56 Å². The van der Waals surface area contributed by atoms with E-state index in [1.807, 2.05) is 13.8 Å². The zero-order valence-corrected chi connectivity index (χ0v) is 15.6. The Bertz CT molecular complexity index is 812. The first kappa shape index (κ1) is 17.3. The van der Waals surface area contributed by atoms with Crippen LogP contribution in [0.5, 0.6) is 0 Å². The summed E-state index contributed by atoms with van der Waals surface area (Å²) in [5.74, 6) is 0. The molecule has 1 fully saturated rings. The van der Waals surface area contributed by atoms with E-state index in [4.69, 9.17) is 10.7 Å². The summed E-state index contributed by atoms with van der Waals surface area (Å²) in [6.07, 6.45) is 1.13. The van der Waals surface area contributed by atoms with Crippen molar-refractivity contribution >= 4 is 11.3 Å². The summed E-state index contributed by atoms with van der Waals surface area (Å²) >= 11 is 1.53. The number of likely N-dealkylation sites (tertiary alicyclic amines) is 1. The molecule has 130 valence electrons. The van der Waals surface area contributed by atoms with Gasteiger partial charge in [-0.3, -0.25) is 9.69 Å². The normalized spacial score (nSPS) is 21.5. The number of hydrogen-bond donors (Lipinski definition) is 1. The van der Waals surface area contributed by atoms with Gasteiger partial charge in [0.05, 0.1) is 17.0 Å². The maximum atomic E-state index is 12.5. The number of aryl methyl sites for hydroxylation is 2. The first-order chi connectivity index (χ1) is 11.3. The molecule has 1 aliphatic heterocycles. The molecule has 2 N–H and O–H groups in total. The second-order valence-corrected chi connectivity index (χ2v) is 7.99. The summed E-state index contributed by atoms with van der Waals surface area (Å²) < 4.78 is 1.39. The van der Waals surface area contributed by atoms with Gasteiger partial charge in [-0.2, -0.15) is 5.10 Å². The standard InChI is InChI=1S/C17H25N5OS/c1-11-12(2)20-21(4)16(23)14(11)15-19-13(8-24-15)7-22-6-5-17(3,9-18)10-22/h8H,5-7,9-10,18H2,1-4H3. The van der Waals surface area contributed by atoms with Crippen LogP contribution in [0.1, 0.15) is 30.3 Å². The van der Waals surface area contributed by atoms with Crippen molar-refractivity contribution in [2.75, 3.05) is 19.6 Å². The molecule has 0 amide bonds. The third-order valence-corrected chi connectivity index (χ3v) is 5.92. The topological polar surface area (TPSA) is 77.0 Å². The molecule has 1 atom stereocenters. The molecule has 2 aromatic rings. The van der Waals surface area contributed by atoms with E-state index in [9.17, 15) is 4.79 Å². The number of hydrogen-bond acceptors (Lipinski definition) is 6. The van der Waals surface area contributed by atoms with E-state index in [1.54, 1.807) is 7.05 Å². The van der Waals surface area contributed by atoms with Gasteiger partial charge in [-0.15, -0.1) is 11.3 Å². The third kappa shape index (κ3) is 3.16. The van der Waals surface area contributed by atoms with E-state index in [1.165, 1.54) is 16.0 Å². The van der Waals surface area contributed by atoms with Gasteiger partial charge in [-0.05, 0) is 44.3 Å². The number of thiazole rings is 1. The Morgan fingerprint density at radius 3 is 2.83 bits per heavy atom. The molecule has 0 aliphatic carbocycles. The Hall–Kier alpha value is -1.57. The molecule has 6 nitrogen and oxygen atoms in total. The molecule has 0 radical (unpaired) electrons. The Kier molecular flexibility index (Phi) is 4.59. The molecule has 3 heterocycles. The van der Waals surface area contributed by atoms with Gasteiger partial charge in [0.2, 0.25) is 0 Å². The van der Waals surface area contributed by atoms with E-state index in [0.717, 1.165) is 54.6 Å². The third-order valence-electron chi connectivity index (χ3n) is 5.01. The smallest absolute Gasteiger partial charge is 0.277 e. The molecule has 0 spiro atoms. The van der Waals surface area contributed by atoms with E-state index >= 15 is 0 Å². The van der Waals surface area contributed by atoms with Crippen molar-refractivity contribution in [1.82, 2.24) is 19.7 Å². The maximum absolute atomic E-state index is 12.5. The molecule has 2 aromatic heterocycles. The highest BCUT2D eigenvalue weighted by molar-refractivity contribution is 7.13. The van der Waals surface area contributed by atoms with E-state index in [-0.39, 0.29) is 11.0 Å². The van der Waals surface area contributed by atoms with Crippen LogP contribution in [0.4, 0.5) is 0 Å². The van der Waals surface area contributed by atoms with Crippen molar-refractivity contribution in [2.24, 2.45) is 18.2 Å². The molecule has 1 unspecified atom stereocenters. The largest absolute Gasteiger partial charge is 0.330 e. The monoisotopic (exact) mass is 347 g/mol. The molecule has 0 aromatic carbocycles. The number of rotatable bonds is 4. The second kappa shape index (κ2) is 6.38. The molecule has 0 bridgehead atoms. The van der Waals surface area contributed by atoms with Crippen LogP contribution in [-0.2, 0) is 13.6 Å². The average Bonchev–Trinajstić information content (AvgIpc) is 3.14. The molecule has 24 heavy (non-hydrogen) atoms. The number of nitrogens with zero attached hydrogens (tertiary/aromatic N) is 4. The molecule has 1 saturated heterocycles. The highest BCUT2D eigenvalue weighted by Crippen LogP contribution is 2.30. The lowest BCUT2D eigenvalue weighted by Gasteiger charge is -2.22. The van der Waals surface area contributed by atoms with E-state index < -0.39 is 0 Å². The van der Waals surface area contributed by atoms with Crippen LogP contribution < -0.4 is 11.3 Å². The molecule has 7 heteroatoms. The minimum Gasteiger partial charge on any atom is -0.330 e. The van der Waals surface area contributed by atoms with Gasteiger partial charge >= 0.3 is 0 Å². The van der Waals surface area contributed by atoms with Crippen LogP contribution in [0.15, 0.2) is 10.2 Å². The van der Waals surface area contributed by atoms with Crippen molar-refractivity contribution in [3.05, 3.63) is 32.7 Å². The molecule has 0 saturated carbocycles. The predicted octanol–water partition coefficient (Wildman–Crippen LogP) is 1.69. The Labute approximate surface area is 146 Å². The van der Waals surface area contributed by atoms with Gasteiger partial charge < -0.3 is 5.73 Å². The van der Waals surface area contributed by atoms with Gasteiger partial charge in [0.25, 0.3) is 5.56 Å². The molecule has 1 aliphatic rings. The molecule has 3 rings (SSSR count). The zero-order valence-electron chi connectivity index (χ0n) is 14.8. The summed E-state index contributed by atoms with van der Waals surface area (Å²) in [7, 11) is 1.69. The fourth-order valence-corrected chi connectivity index (χ4v) is 4.15. The van der Waals surface area contributed by atoms with Gasteiger partial charge in [0, 0.05) is 25.5 Å². The Morgan fingerprint density at radius 2 is 2.17 bits per heavy atom. The molecular formula is C17H25N5OS. The average molecular weight is 347 g/mol. The second-order valence-electron chi connectivity index (χ2n) is 7.13. The van der Waals surface area contributed by atoms with Crippen molar-refractivity contribution in [1.29, 1.82) is 0 Å². The SMILES string of the molecule is Cc1nn(C)c(=O)c(-c2nc(CN3CCC(C)(CN)C3)cs2)c1C. The summed E-state index contributed by atoms with van der Waals surface area (Å²) in [5.41, 5.74) is 9.48. The van der Waals surface area contributed by atoms with Gasteiger partial charge in [-0.1, -0.05) is 6.92 Å². The van der Waals surface area contributed by atoms with Gasteiger partial charge in [-0.25, -0.2) is 9.67 Å². The van der Waals surface area contributed by atoms with Crippen molar-refractivity contribution in [3.8, 4) is 10.6 Å². The lowest BCUT2D eigenvalue weighted by molar-refractivity contribution is 0.272. The van der Waals surface area contributed by atoms with Crippen LogP contribution >= 0.6 is 11.3 Å². The van der Waals surface area contributed by atoms with Crippen molar-refractivity contribution in [3.63, 3.8) is 0 Å². The molecular weight excluding hydrogens is 322 g/mol. The quantitative estimate of drug-likeness (QED) is 0.911. The van der Waals surface area contributed by atoms with Crippen LogP contribution in [0.2, 0.25) is 0 Å². The lowest BCUT2D eigenvalue weighted by Crippen LogP contribution is -2.31. The minimum absolute atomic E-state index is 0.0871. The highest BCUT2D eigenvalue weighted by Gasteiger charge is 2.32. The van der Waals surface area contributed by atoms with Gasteiger partial charge in [0.15, 0.2) is 0 Å².